The summed E-state index contributed by atoms with van der Waals surface area (Å²) >= 11 is 0. The molecule has 3 heteroatoms. The summed E-state index contributed by atoms with van der Waals surface area (Å²) in [6.45, 7) is 6.20. The number of hydrogen-bond acceptors (Lipinski definition) is 2. The lowest BCUT2D eigenvalue weighted by Crippen LogP contribution is -2.12. The van der Waals surface area contributed by atoms with Crippen LogP contribution >= 0.6 is 0 Å². The number of para-hydroxylation sites is 1. The fraction of sp³-hybridized carbons (Fsp3) is 0.143. The number of aryl methyl sites for hydroxylation is 3. The lowest BCUT2D eigenvalue weighted by molar-refractivity contribution is 1.06. The zero-order valence-electron chi connectivity index (χ0n) is 14.1. The monoisotopic (exact) mass is 313 g/mol. The number of benzene rings is 3. The normalized spacial score (nSPS) is 11.3. The Morgan fingerprint density at radius 2 is 1.54 bits per heavy atom. The van der Waals surface area contributed by atoms with Crippen LogP contribution in [0.2, 0.25) is 0 Å². The second-order valence-electron chi connectivity index (χ2n) is 6.36. The SMILES string of the molecule is Cc1cc2nc3cc(C)c(=N)cc-3n(-c3ccccc3)c2cc1C. The predicted octanol–water partition coefficient (Wildman–Crippen LogP) is 4.54. The Kier molecular flexibility index (Phi) is 3.24. The zero-order chi connectivity index (χ0) is 16.8. The molecule has 0 unspecified atom stereocenters. The van der Waals surface area contributed by atoms with Crippen LogP contribution in [0.25, 0.3) is 28.1 Å². The number of rotatable bonds is 1. The van der Waals surface area contributed by atoms with Crippen LogP contribution in [0.15, 0.2) is 54.6 Å². The summed E-state index contributed by atoms with van der Waals surface area (Å²) in [5, 5.41) is 8.74. The number of fused-ring (bicyclic) bond motifs is 2. The highest BCUT2D eigenvalue weighted by molar-refractivity contribution is 5.84. The fourth-order valence-corrected chi connectivity index (χ4v) is 3.12. The molecule has 3 nitrogen and oxygen atoms in total. The average molecular weight is 313 g/mol. The summed E-state index contributed by atoms with van der Waals surface area (Å²) in [5.41, 5.74) is 8.44. The third kappa shape index (κ3) is 2.21. The van der Waals surface area contributed by atoms with Crippen molar-refractivity contribution in [2.45, 2.75) is 20.8 Å². The third-order valence-electron chi connectivity index (χ3n) is 4.65. The Hall–Kier alpha value is -2.94. The highest BCUT2D eigenvalue weighted by atomic mass is 15.0. The van der Waals surface area contributed by atoms with Gasteiger partial charge in [0.1, 0.15) is 0 Å². The Morgan fingerprint density at radius 1 is 0.833 bits per heavy atom. The Bertz CT molecular complexity index is 1090. The molecule has 1 heterocycles. The van der Waals surface area contributed by atoms with E-state index >= 15 is 0 Å². The van der Waals surface area contributed by atoms with E-state index in [1.54, 1.807) is 0 Å². The maximum Gasteiger partial charge on any atom is 0.0882 e. The minimum atomic E-state index is 0.539. The molecule has 24 heavy (non-hydrogen) atoms. The van der Waals surface area contributed by atoms with Crippen LogP contribution < -0.4 is 5.36 Å². The van der Waals surface area contributed by atoms with Gasteiger partial charge in [-0.05, 0) is 73.9 Å². The number of aromatic nitrogens is 2. The molecule has 0 fully saturated rings. The highest BCUT2D eigenvalue weighted by Crippen LogP contribution is 2.30. The van der Waals surface area contributed by atoms with Crippen molar-refractivity contribution in [3.8, 4) is 17.1 Å². The average Bonchev–Trinajstić information content (AvgIpc) is 2.57. The van der Waals surface area contributed by atoms with Crippen molar-refractivity contribution in [3.05, 3.63) is 76.6 Å². The van der Waals surface area contributed by atoms with Crippen LogP contribution in [0, 0.1) is 26.2 Å². The molecule has 0 amide bonds. The minimum Gasteiger partial charge on any atom is -0.306 e. The number of nitrogens with zero attached hydrogens (tertiary/aromatic N) is 2. The zero-order valence-corrected chi connectivity index (χ0v) is 14.1. The van der Waals surface area contributed by atoms with Gasteiger partial charge in [0.15, 0.2) is 0 Å². The van der Waals surface area contributed by atoms with Gasteiger partial charge in [0.05, 0.1) is 27.8 Å². The van der Waals surface area contributed by atoms with Gasteiger partial charge in [-0.3, -0.25) is 0 Å². The van der Waals surface area contributed by atoms with Crippen molar-refractivity contribution in [1.29, 1.82) is 5.41 Å². The second-order valence-corrected chi connectivity index (χ2v) is 6.36. The fourth-order valence-electron chi connectivity index (χ4n) is 3.12. The van der Waals surface area contributed by atoms with Crippen LogP contribution in [-0.2, 0) is 0 Å². The van der Waals surface area contributed by atoms with Gasteiger partial charge in [0, 0.05) is 5.69 Å². The summed E-state index contributed by atoms with van der Waals surface area (Å²) in [6.07, 6.45) is 0. The van der Waals surface area contributed by atoms with Gasteiger partial charge in [-0.2, -0.15) is 0 Å². The van der Waals surface area contributed by atoms with Crippen LogP contribution in [0.1, 0.15) is 16.7 Å². The van der Waals surface area contributed by atoms with E-state index in [0.717, 1.165) is 33.7 Å². The molecular formula is C21H19N3. The first-order valence-electron chi connectivity index (χ1n) is 8.09. The Balaban J connectivity index is 2.25. The summed E-state index contributed by atoms with van der Waals surface area (Å²) < 4.78 is 2.21. The molecule has 0 radical (unpaired) electrons. The van der Waals surface area contributed by atoms with Gasteiger partial charge in [-0.25, -0.2) is 4.98 Å². The van der Waals surface area contributed by atoms with Gasteiger partial charge in [-0.15, -0.1) is 0 Å². The molecule has 0 saturated heterocycles. The van der Waals surface area contributed by atoms with Crippen molar-refractivity contribution in [3.63, 3.8) is 0 Å². The van der Waals surface area contributed by atoms with E-state index in [9.17, 15) is 0 Å². The summed E-state index contributed by atoms with van der Waals surface area (Å²) in [7, 11) is 0. The number of hydrogen-bond donors (Lipinski definition) is 1. The van der Waals surface area contributed by atoms with Gasteiger partial charge < -0.3 is 9.98 Å². The van der Waals surface area contributed by atoms with Crippen molar-refractivity contribution in [2.24, 2.45) is 0 Å². The minimum absolute atomic E-state index is 0.539. The lowest BCUT2D eigenvalue weighted by atomic mass is 10.1. The van der Waals surface area contributed by atoms with E-state index in [4.69, 9.17) is 10.4 Å². The summed E-state index contributed by atoms with van der Waals surface area (Å²) in [5.74, 6) is 0. The van der Waals surface area contributed by atoms with E-state index in [1.165, 1.54) is 11.1 Å². The molecule has 0 saturated carbocycles. The molecule has 0 aromatic heterocycles. The smallest absolute Gasteiger partial charge is 0.0882 e. The van der Waals surface area contributed by atoms with Crippen molar-refractivity contribution in [2.75, 3.05) is 0 Å². The molecule has 4 rings (SSSR count). The van der Waals surface area contributed by atoms with Crippen LogP contribution in [0.4, 0.5) is 0 Å². The van der Waals surface area contributed by atoms with Crippen molar-refractivity contribution < 1.29 is 0 Å². The highest BCUT2D eigenvalue weighted by Gasteiger charge is 2.15. The van der Waals surface area contributed by atoms with Crippen molar-refractivity contribution >= 4 is 11.0 Å². The molecule has 2 aliphatic rings. The molecule has 1 N–H and O–H groups in total. The van der Waals surface area contributed by atoms with E-state index in [0.29, 0.717) is 5.36 Å². The quantitative estimate of drug-likeness (QED) is 0.515. The van der Waals surface area contributed by atoms with Gasteiger partial charge >= 0.3 is 0 Å². The molecule has 0 bridgehead atoms. The number of nitrogens with one attached hydrogen (secondary N) is 1. The van der Waals surface area contributed by atoms with Crippen LogP contribution in [-0.4, -0.2) is 9.55 Å². The predicted molar refractivity (Wildman–Crippen MR) is 97.8 cm³/mol. The standard InChI is InChI=1S/C21H19N3/c1-13-9-18-20(11-14(13)2)24(16-7-5-4-6-8-16)21-12-17(22)15(3)10-19(21)23-18/h4-12,22H,1-3H3. The second kappa shape index (κ2) is 5.31. The maximum atomic E-state index is 8.20. The van der Waals surface area contributed by atoms with E-state index in [1.807, 2.05) is 37.3 Å². The topological polar surface area (TPSA) is 41.7 Å². The van der Waals surface area contributed by atoms with E-state index in [-0.39, 0.29) is 0 Å². The first kappa shape index (κ1) is 14.6. The maximum absolute atomic E-state index is 8.20. The van der Waals surface area contributed by atoms with E-state index < -0.39 is 0 Å². The largest absolute Gasteiger partial charge is 0.306 e. The molecular weight excluding hydrogens is 294 g/mol. The first-order valence-corrected chi connectivity index (χ1v) is 8.09. The summed E-state index contributed by atoms with van der Waals surface area (Å²) in [4.78, 5) is 4.86. The van der Waals surface area contributed by atoms with Crippen molar-refractivity contribution in [1.82, 2.24) is 9.55 Å². The summed E-state index contributed by atoms with van der Waals surface area (Å²) in [6, 6.07) is 18.5. The first-order chi connectivity index (χ1) is 11.5. The molecule has 0 atom stereocenters. The third-order valence-corrected chi connectivity index (χ3v) is 4.65. The Morgan fingerprint density at radius 3 is 2.29 bits per heavy atom. The molecule has 2 aromatic rings. The molecule has 2 aromatic carbocycles. The van der Waals surface area contributed by atoms with Crippen LogP contribution in [0.5, 0.6) is 0 Å². The molecule has 1 aliphatic heterocycles. The molecule has 118 valence electrons. The van der Waals surface area contributed by atoms with Gasteiger partial charge in [0.25, 0.3) is 0 Å². The van der Waals surface area contributed by atoms with E-state index in [2.05, 4.69) is 42.7 Å². The molecule has 0 spiro atoms. The van der Waals surface area contributed by atoms with Crippen LogP contribution in [0.3, 0.4) is 0 Å². The van der Waals surface area contributed by atoms with Gasteiger partial charge in [-0.1, -0.05) is 18.2 Å². The molecule has 1 aliphatic carbocycles. The Labute approximate surface area is 141 Å². The van der Waals surface area contributed by atoms with Gasteiger partial charge in [0.2, 0.25) is 0 Å². The lowest BCUT2D eigenvalue weighted by Gasteiger charge is -2.20.